The number of hydrogen-bond donors (Lipinski definition) is 1. The van der Waals surface area contributed by atoms with Gasteiger partial charge in [-0.15, -0.1) is 0 Å². The first-order valence-electron chi connectivity index (χ1n) is 6.64. The van der Waals surface area contributed by atoms with Crippen LogP contribution in [0.1, 0.15) is 46.2 Å². The van der Waals surface area contributed by atoms with E-state index >= 15 is 0 Å². The molecule has 3 heteroatoms. The van der Waals surface area contributed by atoms with E-state index < -0.39 is 0 Å². The van der Waals surface area contributed by atoms with Crippen molar-refractivity contribution in [2.24, 2.45) is 11.7 Å². The smallest absolute Gasteiger partial charge is 0.0380 e. The van der Waals surface area contributed by atoms with Gasteiger partial charge in [-0.3, -0.25) is 0 Å². The van der Waals surface area contributed by atoms with Gasteiger partial charge in [0.25, 0.3) is 0 Å². The quantitative estimate of drug-likeness (QED) is 0.876. The normalized spacial score (nSPS) is 13.2. The van der Waals surface area contributed by atoms with Crippen molar-refractivity contribution in [2.75, 3.05) is 11.4 Å². The van der Waals surface area contributed by atoms with E-state index in [0.717, 1.165) is 16.6 Å². The Morgan fingerprint density at radius 3 is 2.17 bits per heavy atom. The van der Waals surface area contributed by atoms with Crippen LogP contribution in [-0.2, 0) is 0 Å². The SMILES string of the molecule is CC(C)CN(c1ccc(C(C)N)c(Br)c1)C(C)C. The Morgan fingerprint density at radius 1 is 1.17 bits per heavy atom. The molecule has 0 bridgehead atoms. The molecule has 0 saturated heterocycles. The summed E-state index contributed by atoms with van der Waals surface area (Å²) in [7, 11) is 0. The lowest BCUT2D eigenvalue weighted by atomic mass is 10.1. The van der Waals surface area contributed by atoms with Crippen molar-refractivity contribution < 1.29 is 0 Å². The van der Waals surface area contributed by atoms with Crippen LogP contribution in [0.2, 0.25) is 0 Å². The maximum absolute atomic E-state index is 5.94. The predicted molar refractivity (Wildman–Crippen MR) is 84.1 cm³/mol. The fourth-order valence-electron chi connectivity index (χ4n) is 2.07. The van der Waals surface area contributed by atoms with Gasteiger partial charge in [0.05, 0.1) is 0 Å². The van der Waals surface area contributed by atoms with Crippen LogP contribution in [0.5, 0.6) is 0 Å². The molecule has 1 aromatic carbocycles. The van der Waals surface area contributed by atoms with Gasteiger partial charge in [0.1, 0.15) is 0 Å². The molecule has 0 aliphatic carbocycles. The highest BCUT2D eigenvalue weighted by molar-refractivity contribution is 9.10. The molecule has 0 saturated carbocycles. The van der Waals surface area contributed by atoms with Crippen molar-refractivity contribution >= 4 is 21.6 Å². The second kappa shape index (κ2) is 6.58. The Labute approximate surface area is 120 Å². The molecule has 102 valence electrons. The molecule has 1 unspecified atom stereocenters. The van der Waals surface area contributed by atoms with E-state index in [2.05, 4.69) is 66.7 Å². The van der Waals surface area contributed by atoms with Crippen LogP contribution in [0.3, 0.4) is 0 Å². The van der Waals surface area contributed by atoms with E-state index in [9.17, 15) is 0 Å². The first-order valence-corrected chi connectivity index (χ1v) is 7.44. The number of rotatable bonds is 5. The molecular weight excluding hydrogens is 288 g/mol. The number of hydrogen-bond acceptors (Lipinski definition) is 2. The van der Waals surface area contributed by atoms with E-state index in [1.165, 1.54) is 5.69 Å². The standard InChI is InChI=1S/C15H25BrN2/c1-10(2)9-18(11(3)4)13-6-7-14(12(5)17)15(16)8-13/h6-8,10-12H,9,17H2,1-5H3. The number of nitrogens with zero attached hydrogens (tertiary/aromatic N) is 1. The van der Waals surface area contributed by atoms with Gasteiger partial charge in [-0.1, -0.05) is 35.8 Å². The van der Waals surface area contributed by atoms with Crippen molar-refractivity contribution in [2.45, 2.75) is 46.7 Å². The molecule has 0 heterocycles. The van der Waals surface area contributed by atoms with Crippen molar-refractivity contribution in [3.05, 3.63) is 28.2 Å². The Bertz CT molecular complexity index is 386. The first-order chi connectivity index (χ1) is 8.32. The maximum Gasteiger partial charge on any atom is 0.0380 e. The van der Waals surface area contributed by atoms with Crippen molar-refractivity contribution in [1.29, 1.82) is 0 Å². The van der Waals surface area contributed by atoms with Crippen LogP contribution in [0.15, 0.2) is 22.7 Å². The number of benzene rings is 1. The third kappa shape index (κ3) is 3.99. The van der Waals surface area contributed by atoms with Gasteiger partial charge in [0, 0.05) is 28.8 Å². The van der Waals surface area contributed by atoms with Gasteiger partial charge in [-0.25, -0.2) is 0 Å². The maximum atomic E-state index is 5.94. The summed E-state index contributed by atoms with van der Waals surface area (Å²) in [5.41, 5.74) is 8.36. The zero-order valence-corrected chi connectivity index (χ0v) is 13.7. The Kier molecular flexibility index (Phi) is 5.67. The molecule has 18 heavy (non-hydrogen) atoms. The summed E-state index contributed by atoms with van der Waals surface area (Å²) in [4.78, 5) is 2.43. The summed E-state index contributed by atoms with van der Waals surface area (Å²) in [6, 6.07) is 7.04. The molecule has 0 aromatic heterocycles. The van der Waals surface area contributed by atoms with Gasteiger partial charge < -0.3 is 10.6 Å². The zero-order chi connectivity index (χ0) is 13.9. The van der Waals surface area contributed by atoms with Crippen LogP contribution in [0.25, 0.3) is 0 Å². The second-order valence-corrected chi connectivity index (χ2v) is 6.49. The highest BCUT2D eigenvalue weighted by Gasteiger charge is 2.14. The third-order valence-corrected chi connectivity index (χ3v) is 3.68. The summed E-state index contributed by atoms with van der Waals surface area (Å²) in [5, 5.41) is 0. The summed E-state index contributed by atoms with van der Waals surface area (Å²) >= 11 is 3.62. The monoisotopic (exact) mass is 312 g/mol. The summed E-state index contributed by atoms with van der Waals surface area (Å²) in [6.07, 6.45) is 0. The summed E-state index contributed by atoms with van der Waals surface area (Å²) in [6.45, 7) is 12.0. The van der Waals surface area contributed by atoms with Gasteiger partial charge in [0.15, 0.2) is 0 Å². The number of halogens is 1. The largest absolute Gasteiger partial charge is 0.369 e. The second-order valence-electron chi connectivity index (χ2n) is 5.63. The molecule has 2 nitrogen and oxygen atoms in total. The average molecular weight is 313 g/mol. The predicted octanol–water partition coefficient (Wildman–Crippen LogP) is 4.34. The number of anilines is 1. The third-order valence-electron chi connectivity index (χ3n) is 2.99. The number of nitrogens with two attached hydrogens (primary N) is 1. The van der Waals surface area contributed by atoms with Crippen LogP contribution < -0.4 is 10.6 Å². The molecule has 0 aliphatic heterocycles. The first kappa shape index (κ1) is 15.5. The minimum absolute atomic E-state index is 0.0611. The molecule has 1 rings (SSSR count). The Hall–Kier alpha value is -0.540. The molecule has 1 aromatic rings. The molecule has 0 radical (unpaired) electrons. The lowest BCUT2D eigenvalue weighted by molar-refractivity contribution is 0.571. The molecular formula is C15H25BrN2. The lowest BCUT2D eigenvalue weighted by Crippen LogP contribution is -2.34. The highest BCUT2D eigenvalue weighted by Crippen LogP contribution is 2.28. The van der Waals surface area contributed by atoms with E-state index in [0.29, 0.717) is 12.0 Å². The lowest BCUT2D eigenvalue weighted by Gasteiger charge is -2.31. The van der Waals surface area contributed by atoms with Crippen molar-refractivity contribution in [1.82, 2.24) is 0 Å². The molecule has 2 N–H and O–H groups in total. The van der Waals surface area contributed by atoms with Gasteiger partial charge >= 0.3 is 0 Å². The van der Waals surface area contributed by atoms with Crippen molar-refractivity contribution in [3.8, 4) is 0 Å². The van der Waals surface area contributed by atoms with Gasteiger partial charge in [0.2, 0.25) is 0 Å². The Morgan fingerprint density at radius 2 is 1.78 bits per heavy atom. The summed E-state index contributed by atoms with van der Waals surface area (Å²) in [5.74, 6) is 0.652. The van der Waals surface area contributed by atoms with E-state index in [1.807, 2.05) is 6.92 Å². The average Bonchev–Trinajstić information content (AvgIpc) is 2.24. The zero-order valence-electron chi connectivity index (χ0n) is 12.1. The highest BCUT2D eigenvalue weighted by atomic mass is 79.9. The van der Waals surface area contributed by atoms with Gasteiger partial charge in [-0.2, -0.15) is 0 Å². The minimum Gasteiger partial charge on any atom is -0.369 e. The van der Waals surface area contributed by atoms with Crippen LogP contribution >= 0.6 is 15.9 Å². The topological polar surface area (TPSA) is 29.3 Å². The van der Waals surface area contributed by atoms with Crippen LogP contribution in [0.4, 0.5) is 5.69 Å². The van der Waals surface area contributed by atoms with E-state index in [-0.39, 0.29) is 6.04 Å². The van der Waals surface area contributed by atoms with Crippen LogP contribution in [0, 0.1) is 5.92 Å². The molecule has 0 fully saturated rings. The fourth-order valence-corrected chi connectivity index (χ4v) is 2.80. The molecule has 0 amide bonds. The van der Waals surface area contributed by atoms with Gasteiger partial charge in [-0.05, 0) is 44.4 Å². The molecule has 0 spiro atoms. The van der Waals surface area contributed by atoms with Crippen molar-refractivity contribution in [3.63, 3.8) is 0 Å². The minimum atomic E-state index is 0.0611. The Balaban J connectivity index is 3.03. The van der Waals surface area contributed by atoms with E-state index in [4.69, 9.17) is 5.73 Å². The van der Waals surface area contributed by atoms with Crippen LogP contribution in [-0.4, -0.2) is 12.6 Å². The summed E-state index contributed by atoms with van der Waals surface area (Å²) < 4.78 is 1.10. The van der Waals surface area contributed by atoms with E-state index in [1.54, 1.807) is 0 Å². The molecule has 1 atom stereocenters. The molecule has 0 aliphatic rings. The fraction of sp³-hybridized carbons (Fsp3) is 0.600.